The second kappa shape index (κ2) is 10.8. The van der Waals surface area contributed by atoms with Crippen molar-refractivity contribution in [2.24, 2.45) is 0 Å². The molecule has 3 aromatic rings. The maximum atomic E-state index is 14.4. The number of aliphatic carboxylic acids is 1. The number of ether oxygens (including phenoxy) is 2. The van der Waals surface area contributed by atoms with Crippen LogP contribution in [0, 0.1) is 23.3 Å². The first-order valence-corrected chi connectivity index (χ1v) is 10.6. The van der Waals surface area contributed by atoms with E-state index in [4.69, 9.17) is 33.0 Å². The predicted octanol–water partition coefficient (Wildman–Crippen LogP) is 6.90. The number of carboxylic acids is 1. The molecule has 180 valence electrons. The van der Waals surface area contributed by atoms with Crippen LogP contribution in [0.1, 0.15) is 18.1 Å². The summed E-state index contributed by atoms with van der Waals surface area (Å²) in [6.45, 7) is 0.308. The maximum Gasteiger partial charge on any atom is 0.307 e. The largest absolute Gasteiger partial charge is 0.488 e. The van der Waals surface area contributed by atoms with Crippen molar-refractivity contribution in [1.29, 1.82) is 0 Å². The molecule has 0 saturated heterocycles. The van der Waals surface area contributed by atoms with Crippen molar-refractivity contribution in [2.45, 2.75) is 20.0 Å². The Morgan fingerprint density at radius 3 is 2.24 bits per heavy atom. The fourth-order valence-electron chi connectivity index (χ4n) is 3.06. The molecule has 0 aliphatic rings. The van der Waals surface area contributed by atoms with E-state index in [1.54, 1.807) is 24.3 Å². The number of carboxylic acid groups (broad SMARTS) is 1. The van der Waals surface area contributed by atoms with E-state index in [0.717, 1.165) is 0 Å². The SMILES string of the molecule is CCOc1c(F)c(F)c(COc2ccc(Cl)c(Nc3ccccc3CC(=O)O)c2Cl)c(F)c1F. The first kappa shape index (κ1) is 25.5. The summed E-state index contributed by atoms with van der Waals surface area (Å²) < 4.78 is 66.9. The molecule has 0 aromatic heterocycles. The van der Waals surface area contributed by atoms with E-state index >= 15 is 0 Å². The van der Waals surface area contributed by atoms with Crippen molar-refractivity contribution < 1.29 is 36.9 Å². The third-order valence-corrected chi connectivity index (χ3v) is 5.34. The predicted molar refractivity (Wildman–Crippen MR) is 119 cm³/mol. The van der Waals surface area contributed by atoms with Crippen molar-refractivity contribution in [2.75, 3.05) is 11.9 Å². The van der Waals surface area contributed by atoms with Gasteiger partial charge in [0.1, 0.15) is 17.4 Å². The van der Waals surface area contributed by atoms with Crippen LogP contribution in [0.2, 0.25) is 10.0 Å². The lowest BCUT2D eigenvalue weighted by molar-refractivity contribution is -0.136. The van der Waals surface area contributed by atoms with Gasteiger partial charge in [0.05, 0.1) is 29.3 Å². The average molecular weight is 518 g/mol. The summed E-state index contributed by atoms with van der Waals surface area (Å²) in [5.41, 5.74) is -0.0222. The highest BCUT2D eigenvalue weighted by Gasteiger charge is 2.27. The van der Waals surface area contributed by atoms with Gasteiger partial charge in [-0.05, 0) is 30.7 Å². The summed E-state index contributed by atoms with van der Waals surface area (Å²) in [5, 5.41) is 12.1. The zero-order valence-electron chi connectivity index (χ0n) is 17.5. The lowest BCUT2D eigenvalue weighted by Gasteiger charge is -2.17. The Morgan fingerprint density at radius 2 is 1.62 bits per heavy atom. The molecule has 0 amide bonds. The molecule has 0 bridgehead atoms. The smallest absolute Gasteiger partial charge is 0.307 e. The molecule has 3 aromatic carbocycles. The molecule has 0 aliphatic heterocycles. The van der Waals surface area contributed by atoms with Crippen LogP contribution in [-0.4, -0.2) is 17.7 Å². The number of anilines is 2. The summed E-state index contributed by atoms with van der Waals surface area (Å²) in [4.78, 5) is 11.1. The monoisotopic (exact) mass is 517 g/mol. The van der Waals surface area contributed by atoms with Gasteiger partial charge in [0.15, 0.2) is 17.4 Å². The molecule has 0 saturated carbocycles. The molecule has 0 atom stereocenters. The highest BCUT2D eigenvalue weighted by Crippen LogP contribution is 2.41. The second-order valence-corrected chi connectivity index (χ2v) is 7.66. The third-order valence-electron chi connectivity index (χ3n) is 4.65. The molecule has 2 N–H and O–H groups in total. The quantitative estimate of drug-likeness (QED) is 0.238. The van der Waals surface area contributed by atoms with E-state index in [1.807, 2.05) is 0 Å². The number of rotatable bonds is 9. The van der Waals surface area contributed by atoms with Gasteiger partial charge in [0.2, 0.25) is 11.6 Å². The number of hydrogen-bond acceptors (Lipinski definition) is 4. The summed E-state index contributed by atoms with van der Waals surface area (Å²) in [6.07, 6.45) is -0.276. The third kappa shape index (κ3) is 5.31. The van der Waals surface area contributed by atoms with E-state index < -0.39 is 47.2 Å². The van der Waals surface area contributed by atoms with Crippen LogP contribution < -0.4 is 14.8 Å². The minimum atomic E-state index is -1.68. The molecule has 0 fully saturated rings. The fraction of sp³-hybridized carbons (Fsp3) is 0.174. The minimum absolute atomic E-state index is 0.0993. The number of para-hydroxylation sites is 1. The van der Waals surface area contributed by atoms with Crippen LogP contribution in [0.25, 0.3) is 0 Å². The van der Waals surface area contributed by atoms with Crippen molar-refractivity contribution in [1.82, 2.24) is 0 Å². The maximum absolute atomic E-state index is 14.4. The van der Waals surface area contributed by atoms with E-state index in [0.29, 0.717) is 11.3 Å². The molecule has 0 heterocycles. The zero-order valence-corrected chi connectivity index (χ0v) is 19.0. The van der Waals surface area contributed by atoms with Gasteiger partial charge >= 0.3 is 5.97 Å². The number of hydrogen-bond donors (Lipinski definition) is 2. The number of carbonyl (C=O) groups is 1. The van der Waals surface area contributed by atoms with E-state index in [2.05, 4.69) is 10.1 Å². The van der Waals surface area contributed by atoms with Gasteiger partial charge in [-0.1, -0.05) is 41.4 Å². The average Bonchev–Trinajstić information content (AvgIpc) is 2.80. The normalized spacial score (nSPS) is 10.8. The van der Waals surface area contributed by atoms with Crippen LogP contribution in [0.3, 0.4) is 0 Å². The highest BCUT2D eigenvalue weighted by atomic mass is 35.5. The summed E-state index contributed by atoms with van der Waals surface area (Å²) >= 11 is 12.6. The Kier molecular flexibility index (Phi) is 8.11. The van der Waals surface area contributed by atoms with Crippen LogP contribution in [0.4, 0.5) is 28.9 Å². The first-order chi connectivity index (χ1) is 16.1. The van der Waals surface area contributed by atoms with Crippen LogP contribution in [0.15, 0.2) is 36.4 Å². The highest BCUT2D eigenvalue weighted by molar-refractivity contribution is 6.40. The van der Waals surface area contributed by atoms with Crippen molar-refractivity contribution in [3.8, 4) is 11.5 Å². The summed E-state index contributed by atoms with van der Waals surface area (Å²) in [6, 6.07) is 9.20. The first-order valence-electron chi connectivity index (χ1n) is 9.80. The lowest BCUT2D eigenvalue weighted by atomic mass is 10.1. The second-order valence-electron chi connectivity index (χ2n) is 6.87. The number of halogens is 6. The molecule has 11 heteroatoms. The van der Waals surface area contributed by atoms with Gasteiger partial charge in [-0.2, -0.15) is 8.78 Å². The van der Waals surface area contributed by atoms with Gasteiger partial charge in [0.25, 0.3) is 0 Å². The fourth-order valence-corrected chi connectivity index (χ4v) is 3.58. The van der Waals surface area contributed by atoms with Gasteiger partial charge in [-0.25, -0.2) is 8.78 Å². The van der Waals surface area contributed by atoms with E-state index in [9.17, 15) is 22.4 Å². The Balaban J connectivity index is 1.91. The van der Waals surface area contributed by atoms with E-state index in [-0.39, 0.29) is 34.5 Å². The molecule has 5 nitrogen and oxygen atoms in total. The van der Waals surface area contributed by atoms with Crippen molar-refractivity contribution >= 4 is 40.5 Å². The molecule has 3 rings (SSSR count). The molecule has 0 radical (unpaired) electrons. The molecule has 0 aliphatic carbocycles. The summed E-state index contributed by atoms with van der Waals surface area (Å²) in [7, 11) is 0. The van der Waals surface area contributed by atoms with Crippen LogP contribution >= 0.6 is 23.2 Å². The Hall–Kier alpha value is -3.17. The Bertz CT molecular complexity index is 1210. The molecule has 34 heavy (non-hydrogen) atoms. The van der Waals surface area contributed by atoms with Crippen LogP contribution in [-0.2, 0) is 17.8 Å². The standard InChI is InChI=1S/C23H17Cl2F4NO4/c1-2-33-23-20(28)18(26)12(19(27)21(23)29)10-34-15-8-7-13(24)22(17(15)25)30-14-6-4-3-5-11(14)9-16(31)32/h3-8,30H,2,9-10H2,1H3,(H,31,32). The number of benzene rings is 3. The van der Waals surface area contributed by atoms with Gasteiger partial charge in [0, 0.05) is 5.69 Å². The van der Waals surface area contributed by atoms with E-state index in [1.165, 1.54) is 19.1 Å². The van der Waals surface area contributed by atoms with Crippen molar-refractivity contribution in [3.63, 3.8) is 0 Å². The van der Waals surface area contributed by atoms with Crippen LogP contribution in [0.5, 0.6) is 11.5 Å². The lowest BCUT2D eigenvalue weighted by Crippen LogP contribution is -2.10. The van der Waals surface area contributed by atoms with Gasteiger partial charge in [-0.15, -0.1) is 0 Å². The molecule has 0 unspecified atom stereocenters. The van der Waals surface area contributed by atoms with Gasteiger partial charge in [-0.3, -0.25) is 4.79 Å². The summed E-state index contributed by atoms with van der Waals surface area (Å²) in [5.74, 6) is -8.99. The molecular weight excluding hydrogens is 501 g/mol. The topological polar surface area (TPSA) is 67.8 Å². The molecule has 0 spiro atoms. The number of nitrogens with one attached hydrogen (secondary N) is 1. The minimum Gasteiger partial charge on any atom is -0.488 e. The zero-order chi connectivity index (χ0) is 25.0. The van der Waals surface area contributed by atoms with Crippen molar-refractivity contribution in [3.05, 3.63) is 80.8 Å². The molecular formula is C23H17Cl2F4NO4. The Labute approximate surface area is 201 Å². The Morgan fingerprint density at radius 1 is 0.971 bits per heavy atom. The van der Waals surface area contributed by atoms with Gasteiger partial charge < -0.3 is 19.9 Å².